The number of carbonyl (C=O) groups is 1. The number of rotatable bonds is 11. The minimum absolute atomic E-state index is 0.0714. The van der Waals surface area contributed by atoms with E-state index in [4.69, 9.17) is 0 Å². The van der Waals surface area contributed by atoms with Gasteiger partial charge in [0.25, 0.3) is 0 Å². The molecule has 0 heterocycles. The van der Waals surface area contributed by atoms with E-state index in [1.165, 1.54) is 35.5 Å². The van der Waals surface area contributed by atoms with E-state index in [1.54, 1.807) is 37.3 Å². The summed E-state index contributed by atoms with van der Waals surface area (Å²) in [5.41, 5.74) is 3.04. The maximum Gasteiger partial charge on any atom is 0.335 e. The van der Waals surface area contributed by atoms with Crippen molar-refractivity contribution in [2.24, 2.45) is 0 Å². The Morgan fingerprint density at radius 2 is 1.62 bits per heavy atom. The van der Waals surface area contributed by atoms with Crippen LogP contribution in [0.2, 0.25) is 0 Å². The summed E-state index contributed by atoms with van der Waals surface area (Å²) in [5.74, 6) is -1.01. The van der Waals surface area contributed by atoms with Crippen molar-refractivity contribution in [3.05, 3.63) is 102 Å². The van der Waals surface area contributed by atoms with E-state index in [0.29, 0.717) is 11.1 Å². The first-order valence-corrected chi connectivity index (χ1v) is 14.6. The van der Waals surface area contributed by atoms with E-state index in [0.717, 1.165) is 16.3 Å². The number of nitrogens with one attached hydrogen (secondary N) is 1. The Morgan fingerprint density at radius 3 is 2.33 bits per heavy atom. The fourth-order valence-electron chi connectivity index (χ4n) is 4.87. The third-order valence-electron chi connectivity index (χ3n) is 7.08. The van der Waals surface area contributed by atoms with Crippen molar-refractivity contribution in [2.75, 3.05) is 20.1 Å². The number of benzene rings is 4. The zero-order valence-electron chi connectivity index (χ0n) is 23.3. The minimum Gasteiger partial charge on any atom is -0.478 e. The van der Waals surface area contributed by atoms with Crippen LogP contribution in [0.25, 0.3) is 21.9 Å². The van der Waals surface area contributed by atoms with Gasteiger partial charge >= 0.3 is 5.97 Å². The highest BCUT2D eigenvalue weighted by atomic mass is 32.2. The van der Waals surface area contributed by atoms with E-state index in [2.05, 4.69) is 49.5 Å². The molecular formula is C32H36N2O5S. The second kappa shape index (κ2) is 11.9. The lowest BCUT2D eigenvalue weighted by atomic mass is 9.93. The molecule has 0 aliphatic carbocycles. The Morgan fingerprint density at radius 1 is 0.925 bits per heavy atom. The Balaban J connectivity index is 1.39. The number of aryl methyl sites for hydroxylation is 1. The monoisotopic (exact) mass is 560 g/mol. The molecule has 0 amide bonds. The second-order valence-electron chi connectivity index (χ2n) is 10.9. The number of likely N-dealkylation sites (N-methyl/N-ethyl adjacent to an activating group) is 1. The Labute approximate surface area is 236 Å². The summed E-state index contributed by atoms with van der Waals surface area (Å²) >= 11 is 0. The number of carboxylic acid groups (broad SMARTS) is 1. The normalized spacial score (nSPS) is 13.1. The highest BCUT2D eigenvalue weighted by Crippen LogP contribution is 2.26. The number of hydrogen-bond acceptors (Lipinski definition) is 5. The van der Waals surface area contributed by atoms with Crippen molar-refractivity contribution in [2.45, 2.75) is 43.7 Å². The van der Waals surface area contributed by atoms with E-state index in [-0.39, 0.29) is 29.1 Å². The Bertz CT molecular complexity index is 1630. The first kappa shape index (κ1) is 29.4. The van der Waals surface area contributed by atoms with Crippen LogP contribution in [0.1, 0.15) is 35.3 Å². The van der Waals surface area contributed by atoms with E-state index in [9.17, 15) is 23.4 Å². The van der Waals surface area contributed by atoms with Crippen LogP contribution >= 0.6 is 0 Å². The highest BCUT2D eigenvalue weighted by molar-refractivity contribution is 7.89. The number of fused-ring (bicyclic) bond motifs is 1. The standard InChI is InChI=1S/C32H36N2O5S/c1-22-16-27(14-15-30(22)31(36)37)26-10-7-11-29(18-26)40(38,39)34(4)21-28(35)20-33-32(2,3)19-23-12-13-24-8-5-6-9-25(24)17-23/h5-18,28,33,35H,19-21H2,1-4H3,(H,36,37)/t28-/m1/s1. The second-order valence-corrected chi connectivity index (χ2v) is 13.0. The largest absolute Gasteiger partial charge is 0.478 e. The smallest absolute Gasteiger partial charge is 0.335 e. The summed E-state index contributed by atoms with van der Waals surface area (Å²) in [5, 5.41) is 25.8. The number of β-amino-alcohol motifs (C(OH)–C–C–N with tert-alkyl or cyclic N) is 1. The molecule has 0 saturated heterocycles. The molecule has 0 aliphatic heterocycles. The molecule has 1 atom stereocenters. The van der Waals surface area contributed by atoms with Crippen LogP contribution in [0.3, 0.4) is 0 Å². The summed E-state index contributed by atoms with van der Waals surface area (Å²) in [6, 6.07) is 26.0. The molecule has 0 aromatic heterocycles. The van der Waals surface area contributed by atoms with Crippen LogP contribution in [-0.4, -0.2) is 60.7 Å². The van der Waals surface area contributed by atoms with E-state index in [1.807, 2.05) is 12.1 Å². The van der Waals surface area contributed by atoms with Gasteiger partial charge in [-0.3, -0.25) is 0 Å². The van der Waals surface area contributed by atoms with Gasteiger partial charge in [-0.1, -0.05) is 66.7 Å². The molecule has 3 N–H and O–H groups in total. The fraction of sp³-hybridized carbons (Fsp3) is 0.281. The first-order valence-electron chi connectivity index (χ1n) is 13.2. The number of aromatic carboxylic acids is 1. The molecule has 210 valence electrons. The Kier molecular flexibility index (Phi) is 8.75. The summed E-state index contributed by atoms with van der Waals surface area (Å²) in [6.07, 6.45) is -0.164. The van der Waals surface area contributed by atoms with Crippen molar-refractivity contribution in [3.63, 3.8) is 0 Å². The number of nitrogens with zero attached hydrogens (tertiary/aromatic N) is 1. The van der Waals surface area contributed by atoms with Gasteiger partial charge in [0.2, 0.25) is 10.0 Å². The van der Waals surface area contributed by atoms with Gasteiger partial charge in [-0.15, -0.1) is 0 Å². The lowest BCUT2D eigenvalue weighted by Crippen LogP contribution is -2.47. The average Bonchev–Trinajstić information content (AvgIpc) is 2.91. The van der Waals surface area contributed by atoms with Gasteiger partial charge in [-0.05, 0) is 78.4 Å². The topological polar surface area (TPSA) is 107 Å². The lowest BCUT2D eigenvalue weighted by molar-refractivity contribution is 0.0696. The predicted molar refractivity (Wildman–Crippen MR) is 159 cm³/mol. The zero-order valence-corrected chi connectivity index (χ0v) is 24.1. The van der Waals surface area contributed by atoms with E-state index >= 15 is 0 Å². The molecule has 40 heavy (non-hydrogen) atoms. The van der Waals surface area contributed by atoms with Crippen LogP contribution < -0.4 is 5.32 Å². The summed E-state index contributed by atoms with van der Waals surface area (Å²) < 4.78 is 27.8. The van der Waals surface area contributed by atoms with Crippen LogP contribution in [0.15, 0.2) is 89.8 Å². The molecule has 0 aliphatic rings. The van der Waals surface area contributed by atoms with Gasteiger partial charge in [-0.2, -0.15) is 4.31 Å². The summed E-state index contributed by atoms with van der Waals surface area (Å²) in [4.78, 5) is 11.4. The van der Waals surface area contributed by atoms with Gasteiger partial charge < -0.3 is 15.5 Å². The summed E-state index contributed by atoms with van der Waals surface area (Å²) in [7, 11) is -2.41. The maximum atomic E-state index is 13.3. The van der Waals surface area contributed by atoms with Crippen LogP contribution in [-0.2, 0) is 16.4 Å². The van der Waals surface area contributed by atoms with E-state index < -0.39 is 22.1 Å². The molecule has 0 radical (unpaired) electrons. The quantitative estimate of drug-likeness (QED) is 0.236. The molecule has 4 aromatic rings. The van der Waals surface area contributed by atoms with Crippen molar-refractivity contribution < 1.29 is 23.4 Å². The molecule has 0 fully saturated rings. The van der Waals surface area contributed by atoms with Crippen molar-refractivity contribution in [3.8, 4) is 11.1 Å². The SMILES string of the molecule is Cc1cc(-c2cccc(S(=O)(=O)N(C)C[C@H](O)CNC(C)(C)Cc3ccc4ccccc4c3)c2)ccc1C(=O)O. The maximum absolute atomic E-state index is 13.3. The molecule has 8 heteroatoms. The van der Waals surface area contributed by atoms with Crippen LogP contribution in [0.4, 0.5) is 0 Å². The molecule has 0 bridgehead atoms. The first-order chi connectivity index (χ1) is 18.9. The third-order valence-corrected chi connectivity index (χ3v) is 8.90. The zero-order chi connectivity index (χ0) is 29.1. The molecule has 7 nitrogen and oxygen atoms in total. The molecule has 4 aromatic carbocycles. The number of hydrogen-bond donors (Lipinski definition) is 3. The van der Waals surface area contributed by atoms with Gasteiger partial charge in [0.15, 0.2) is 0 Å². The molecule has 0 spiro atoms. The number of sulfonamides is 1. The highest BCUT2D eigenvalue weighted by Gasteiger charge is 2.25. The number of aliphatic hydroxyl groups excluding tert-OH is 1. The van der Waals surface area contributed by atoms with Gasteiger partial charge in [-0.25, -0.2) is 13.2 Å². The van der Waals surface area contributed by atoms with Crippen molar-refractivity contribution in [1.29, 1.82) is 0 Å². The number of carboxylic acids is 1. The molecule has 0 unspecified atom stereocenters. The molecule has 0 saturated carbocycles. The molecular weight excluding hydrogens is 524 g/mol. The van der Waals surface area contributed by atoms with Crippen molar-refractivity contribution in [1.82, 2.24) is 9.62 Å². The van der Waals surface area contributed by atoms with Gasteiger partial charge in [0.1, 0.15) is 0 Å². The van der Waals surface area contributed by atoms with Crippen LogP contribution in [0.5, 0.6) is 0 Å². The lowest BCUT2D eigenvalue weighted by Gasteiger charge is -2.29. The predicted octanol–water partition coefficient (Wildman–Crippen LogP) is 5.11. The third kappa shape index (κ3) is 6.95. The number of aliphatic hydroxyl groups is 1. The van der Waals surface area contributed by atoms with Gasteiger partial charge in [0, 0.05) is 25.7 Å². The Hall–Kier alpha value is -3.56. The molecule has 4 rings (SSSR count). The van der Waals surface area contributed by atoms with Gasteiger partial charge in [0.05, 0.1) is 16.6 Å². The van der Waals surface area contributed by atoms with Crippen LogP contribution in [0, 0.1) is 6.92 Å². The minimum atomic E-state index is -3.87. The summed E-state index contributed by atoms with van der Waals surface area (Å²) in [6.45, 7) is 5.99. The fourth-order valence-corrected chi connectivity index (χ4v) is 6.13. The average molecular weight is 561 g/mol. The van der Waals surface area contributed by atoms with Crippen molar-refractivity contribution >= 4 is 26.8 Å².